The number of aliphatic hydroxyl groups is 1. The fraction of sp³-hybridized carbons (Fsp3) is 0.273. The van der Waals surface area contributed by atoms with Gasteiger partial charge in [0, 0.05) is 30.8 Å². The van der Waals surface area contributed by atoms with Crippen LogP contribution in [0.2, 0.25) is 5.02 Å². The molecule has 10 heteroatoms. The summed E-state index contributed by atoms with van der Waals surface area (Å²) in [4.78, 5) is 32.9. The minimum absolute atomic E-state index is 0.0625. The van der Waals surface area contributed by atoms with Crippen LogP contribution in [0.4, 0.5) is 5.82 Å². The highest BCUT2D eigenvalue weighted by Crippen LogP contribution is 2.35. The molecule has 0 unspecified atom stereocenters. The molecule has 0 aliphatic heterocycles. The van der Waals surface area contributed by atoms with E-state index in [-0.39, 0.29) is 49.6 Å². The molecular formula is C22H23ClN4O5. The SMILES string of the molecule is CC(=O)Nc1cc(-c2nc(C(=O)NCCOCCO)c(-c3ccccc3Cl)o2)c(C)cn1. The number of benzene rings is 1. The molecule has 2 amide bonds. The number of carbonyl (C=O) groups is 2. The van der Waals surface area contributed by atoms with Crippen molar-refractivity contribution in [2.24, 2.45) is 0 Å². The van der Waals surface area contributed by atoms with Crippen LogP contribution in [0, 0.1) is 6.92 Å². The van der Waals surface area contributed by atoms with Crippen LogP contribution in [-0.2, 0) is 9.53 Å². The van der Waals surface area contributed by atoms with Crippen LogP contribution in [0.1, 0.15) is 23.0 Å². The van der Waals surface area contributed by atoms with Crippen LogP contribution < -0.4 is 10.6 Å². The Hall–Kier alpha value is -3.27. The molecular weight excluding hydrogens is 436 g/mol. The van der Waals surface area contributed by atoms with Gasteiger partial charge in [-0.2, -0.15) is 0 Å². The van der Waals surface area contributed by atoms with Gasteiger partial charge in [-0.1, -0.05) is 23.7 Å². The Labute approximate surface area is 189 Å². The summed E-state index contributed by atoms with van der Waals surface area (Å²) >= 11 is 6.35. The smallest absolute Gasteiger partial charge is 0.274 e. The zero-order valence-electron chi connectivity index (χ0n) is 17.6. The summed E-state index contributed by atoms with van der Waals surface area (Å²) in [5.74, 6) is 0.0173. The minimum Gasteiger partial charge on any atom is -0.435 e. The topological polar surface area (TPSA) is 127 Å². The van der Waals surface area contributed by atoms with Gasteiger partial charge in [0.05, 0.1) is 24.8 Å². The predicted octanol–water partition coefficient (Wildman–Crippen LogP) is 3.06. The molecule has 0 radical (unpaired) electrons. The van der Waals surface area contributed by atoms with Gasteiger partial charge in [0.25, 0.3) is 5.91 Å². The molecule has 1 aromatic carbocycles. The first-order valence-electron chi connectivity index (χ1n) is 9.88. The van der Waals surface area contributed by atoms with Crippen molar-refractivity contribution in [2.75, 3.05) is 31.7 Å². The number of nitrogens with zero attached hydrogens (tertiary/aromatic N) is 2. The molecule has 0 saturated heterocycles. The maximum Gasteiger partial charge on any atom is 0.274 e. The van der Waals surface area contributed by atoms with E-state index in [0.717, 1.165) is 5.56 Å². The van der Waals surface area contributed by atoms with E-state index >= 15 is 0 Å². The second kappa shape index (κ2) is 10.9. The number of oxazole rings is 1. The van der Waals surface area contributed by atoms with Crippen LogP contribution in [0.3, 0.4) is 0 Å². The number of halogens is 1. The van der Waals surface area contributed by atoms with E-state index in [1.54, 1.807) is 36.5 Å². The predicted molar refractivity (Wildman–Crippen MR) is 119 cm³/mol. The molecule has 2 heterocycles. The molecule has 0 bridgehead atoms. The molecule has 0 aliphatic carbocycles. The molecule has 9 nitrogen and oxygen atoms in total. The second-order valence-corrected chi connectivity index (χ2v) is 7.24. The Balaban J connectivity index is 1.99. The van der Waals surface area contributed by atoms with Crippen LogP contribution in [0.5, 0.6) is 0 Å². The quantitative estimate of drug-likeness (QED) is 0.420. The van der Waals surface area contributed by atoms with Gasteiger partial charge in [0.2, 0.25) is 11.8 Å². The molecule has 32 heavy (non-hydrogen) atoms. The van der Waals surface area contributed by atoms with E-state index in [2.05, 4.69) is 20.6 Å². The number of amides is 2. The molecule has 0 saturated carbocycles. The number of aryl methyl sites for hydroxylation is 1. The zero-order chi connectivity index (χ0) is 23.1. The first-order chi connectivity index (χ1) is 15.4. The highest BCUT2D eigenvalue weighted by Gasteiger charge is 2.24. The van der Waals surface area contributed by atoms with Crippen LogP contribution in [0.25, 0.3) is 22.8 Å². The number of anilines is 1. The van der Waals surface area contributed by atoms with Crippen molar-refractivity contribution in [1.82, 2.24) is 15.3 Å². The summed E-state index contributed by atoms with van der Waals surface area (Å²) in [5.41, 5.74) is 1.90. The molecule has 2 aromatic heterocycles. The molecule has 0 fully saturated rings. The standard InChI is InChI=1S/C22H23ClN4O5/c1-13-12-25-18(26-14(2)29)11-16(13)22-27-19(21(30)24-7-9-31-10-8-28)20(32-22)15-5-3-4-6-17(15)23/h3-6,11-12,28H,7-10H2,1-2H3,(H,24,30)(H,25,26,29). The van der Waals surface area contributed by atoms with Crippen molar-refractivity contribution < 1.29 is 23.8 Å². The monoisotopic (exact) mass is 458 g/mol. The van der Waals surface area contributed by atoms with Crippen molar-refractivity contribution in [3.05, 3.63) is 52.8 Å². The molecule has 3 rings (SSSR count). The maximum absolute atomic E-state index is 12.9. The number of ether oxygens (including phenoxy) is 1. The minimum atomic E-state index is -0.462. The summed E-state index contributed by atoms with van der Waals surface area (Å²) in [6, 6.07) is 8.60. The van der Waals surface area contributed by atoms with Crippen LogP contribution >= 0.6 is 11.6 Å². The summed E-state index contributed by atoms with van der Waals surface area (Å²) in [6.07, 6.45) is 1.58. The normalized spacial score (nSPS) is 10.8. The number of nitrogens with one attached hydrogen (secondary N) is 2. The molecule has 3 N–H and O–H groups in total. The number of hydrogen-bond acceptors (Lipinski definition) is 7. The lowest BCUT2D eigenvalue weighted by Gasteiger charge is -2.06. The Kier molecular flexibility index (Phi) is 7.93. The third-order valence-electron chi connectivity index (χ3n) is 4.37. The van der Waals surface area contributed by atoms with Gasteiger partial charge in [-0.15, -0.1) is 0 Å². The molecule has 0 spiro atoms. The summed E-state index contributed by atoms with van der Waals surface area (Å²) in [7, 11) is 0. The summed E-state index contributed by atoms with van der Waals surface area (Å²) in [6.45, 7) is 3.76. The highest BCUT2D eigenvalue weighted by molar-refractivity contribution is 6.33. The number of hydrogen-bond donors (Lipinski definition) is 3. The fourth-order valence-corrected chi connectivity index (χ4v) is 3.13. The first-order valence-corrected chi connectivity index (χ1v) is 10.3. The van der Waals surface area contributed by atoms with E-state index in [4.69, 9.17) is 25.9 Å². The highest BCUT2D eigenvalue weighted by atomic mass is 35.5. The zero-order valence-corrected chi connectivity index (χ0v) is 18.4. The van der Waals surface area contributed by atoms with E-state index in [0.29, 0.717) is 22.0 Å². The summed E-state index contributed by atoms with van der Waals surface area (Å²) < 4.78 is 11.2. The first kappa shape index (κ1) is 23.4. The van der Waals surface area contributed by atoms with Gasteiger partial charge in [-0.3, -0.25) is 9.59 Å². The number of rotatable bonds is 9. The van der Waals surface area contributed by atoms with E-state index in [1.807, 2.05) is 6.92 Å². The van der Waals surface area contributed by atoms with Crippen LogP contribution in [0.15, 0.2) is 40.9 Å². The molecule has 0 atom stereocenters. The van der Waals surface area contributed by atoms with Gasteiger partial charge in [0.1, 0.15) is 5.82 Å². The third-order valence-corrected chi connectivity index (χ3v) is 4.70. The van der Waals surface area contributed by atoms with Crippen molar-refractivity contribution in [3.8, 4) is 22.8 Å². The lowest BCUT2D eigenvalue weighted by atomic mass is 10.1. The van der Waals surface area contributed by atoms with Gasteiger partial charge >= 0.3 is 0 Å². The average molecular weight is 459 g/mol. The van der Waals surface area contributed by atoms with Gasteiger partial charge < -0.3 is 24.9 Å². The maximum atomic E-state index is 12.9. The van der Waals surface area contributed by atoms with Gasteiger partial charge in [0.15, 0.2) is 11.5 Å². The lowest BCUT2D eigenvalue weighted by molar-refractivity contribution is -0.114. The Morgan fingerprint density at radius 3 is 2.72 bits per heavy atom. The molecule has 0 aliphatic rings. The Morgan fingerprint density at radius 2 is 2.00 bits per heavy atom. The van der Waals surface area contributed by atoms with Gasteiger partial charge in [-0.25, -0.2) is 9.97 Å². The number of aromatic nitrogens is 2. The second-order valence-electron chi connectivity index (χ2n) is 6.83. The fourth-order valence-electron chi connectivity index (χ4n) is 2.91. The van der Waals surface area contributed by atoms with Crippen molar-refractivity contribution >= 4 is 29.2 Å². The molecule has 3 aromatic rings. The van der Waals surface area contributed by atoms with Crippen molar-refractivity contribution in [1.29, 1.82) is 0 Å². The van der Waals surface area contributed by atoms with E-state index in [9.17, 15) is 9.59 Å². The summed E-state index contributed by atoms with van der Waals surface area (Å²) in [5, 5.41) is 14.5. The van der Waals surface area contributed by atoms with Crippen molar-refractivity contribution in [2.45, 2.75) is 13.8 Å². The average Bonchev–Trinajstić information content (AvgIpc) is 3.20. The van der Waals surface area contributed by atoms with Crippen LogP contribution in [-0.4, -0.2) is 53.3 Å². The van der Waals surface area contributed by atoms with Gasteiger partial charge in [-0.05, 0) is 30.7 Å². The molecule has 168 valence electrons. The van der Waals surface area contributed by atoms with Crippen molar-refractivity contribution in [3.63, 3.8) is 0 Å². The number of pyridine rings is 1. The van der Waals surface area contributed by atoms with E-state index < -0.39 is 5.91 Å². The number of carbonyl (C=O) groups excluding carboxylic acids is 2. The largest absolute Gasteiger partial charge is 0.435 e. The Morgan fingerprint density at radius 1 is 1.22 bits per heavy atom. The lowest BCUT2D eigenvalue weighted by Crippen LogP contribution is -2.28. The third kappa shape index (κ3) is 5.70. The Bertz CT molecular complexity index is 1120. The number of aliphatic hydroxyl groups excluding tert-OH is 1. The van der Waals surface area contributed by atoms with E-state index in [1.165, 1.54) is 6.92 Å².